The van der Waals surface area contributed by atoms with Crippen LogP contribution in [-0.2, 0) is 0 Å². The van der Waals surface area contributed by atoms with Gasteiger partial charge in [0.25, 0.3) is 0 Å². The number of aromatic carboxylic acids is 1. The van der Waals surface area contributed by atoms with Gasteiger partial charge in [0.15, 0.2) is 5.65 Å². The molecule has 0 radical (unpaired) electrons. The van der Waals surface area contributed by atoms with E-state index in [0.29, 0.717) is 39.1 Å². The van der Waals surface area contributed by atoms with Gasteiger partial charge < -0.3 is 15.4 Å². The second-order valence-electron chi connectivity index (χ2n) is 7.74. The van der Waals surface area contributed by atoms with Gasteiger partial charge in [-0.25, -0.2) is 14.8 Å². The van der Waals surface area contributed by atoms with Crippen LogP contribution < -0.4 is 5.32 Å². The minimum Gasteiger partial charge on any atom is -0.478 e. The monoisotopic (exact) mass is 390 g/mol. The first kappa shape index (κ1) is 14.7. The molecule has 0 saturated heterocycles. The first-order valence-corrected chi connectivity index (χ1v) is 9.32. The number of rotatable bonds is 3. The zero-order valence-corrected chi connectivity index (χ0v) is 14.7. The number of carboxylic acid groups (broad SMARTS) is 1. The number of fused-ring (bicyclic) bond motifs is 1. The molecular formula is C17H19BrN4O2. The molecule has 2 aromatic heterocycles. The van der Waals surface area contributed by atoms with E-state index in [1.807, 2.05) is 0 Å². The van der Waals surface area contributed by atoms with Crippen LogP contribution in [0.2, 0.25) is 0 Å². The number of aromatic nitrogens is 3. The largest absolute Gasteiger partial charge is 0.478 e. The number of hydrogen-bond acceptors (Lipinski definition) is 4. The molecule has 2 aromatic rings. The third kappa shape index (κ3) is 2.10. The van der Waals surface area contributed by atoms with E-state index in [0.717, 1.165) is 5.92 Å². The molecule has 4 bridgehead atoms. The molecule has 6 nitrogen and oxygen atoms in total. The summed E-state index contributed by atoms with van der Waals surface area (Å²) < 4.78 is 0.318. The van der Waals surface area contributed by atoms with Crippen LogP contribution in [0, 0.1) is 17.8 Å². The fourth-order valence-corrected chi connectivity index (χ4v) is 6.82. The molecule has 3 N–H and O–H groups in total. The summed E-state index contributed by atoms with van der Waals surface area (Å²) in [6.45, 7) is 0. The Balaban J connectivity index is 1.54. The summed E-state index contributed by atoms with van der Waals surface area (Å²) in [5.41, 5.74) is 2.11. The lowest BCUT2D eigenvalue weighted by Crippen LogP contribution is -2.56. The Labute approximate surface area is 147 Å². The molecule has 0 unspecified atom stereocenters. The summed E-state index contributed by atoms with van der Waals surface area (Å²) in [6, 6.07) is 0.333. The van der Waals surface area contributed by atoms with E-state index in [-0.39, 0.29) is 5.56 Å². The third-order valence-corrected chi connectivity index (χ3v) is 7.17. The summed E-state index contributed by atoms with van der Waals surface area (Å²) in [4.78, 5) is 23.0. The SMILES string of the molecule is O=C(O)c1cnc2nc[nH]c2c1NC1[C@H]2CC3C[C@H]1CC(Br)(C3)C2. The van der Waals surface area contributed by atoms with E-state index in [4.69, 9.17) is 0 Å². The maximum Gasteiger partial charge on any atom is 0.339 e. The van der Waals surface area contributed by atoms with Gasteiger partial charge in [0, 0.05) is 16.6 Å². The van der Waals surface area contributed by atoms with Gasteiger partial charge in [-0.05, 0) is 49.9 Å². The van der Waals surface area contributed by atoms with Crippen molar-refractivity contribution in [2.75, 3.05) is 5.32 Å². The first-order valence-electron chi connectivity index (χ1n) is 8.53. The van der Waals surface area contributed by atoms with Crippen LogP contribution in [0.5, 0.6) is 0 Å². The molecular weight excluding hydrogens is 372 g/mol. The van der Waals surface area contributed by atoms with Gasteiger partial charge >= 0.3 is 5.97 Å². The number of anilines is 1. The number of halogens is 1. The summed E-state index contributed by atoms with van der Waals surface area (Å²) in [7, 11) is 0. The predicted molar refractivity (Wildman–Crippen MR) is 93.5 cm³/mol. The average molecular weight is 391 g/mol. The van der Waals surface area contributed by atoms with Gasteiger partial charge in [0.1, 0.15) is 11.1 Å². The minimum atomic E-state index is -0.956. The normalized spacial score (nSPS) is 37.0. The molecule has 0 spiro atoms. The standard InChI is InChI=1S/C17H19BrN4O2/c18-17-3-8-1-9(4-17)12(10(2-8)5-17)22-13-11(16(23)24)6-19-15-14(13)20-7-21-15/h6-10,12H,1-5H2,(H,23,24)(H2,19,20,21,22)/t8?,9-,10-,12?,17?/m0/s1. The number of imidazole rings is 1. The second-order valence-corrected chi connectivity index (χ2v) is 9.43. The zero-order valence-electron chi connectivity index (χ0n) is 13.1. The molecule has 4 fully saturated rings. The smallest absolute Gasteiger partial charge is 0.339 e. The van der Waals surface area contributed by atoms with Crippen molar-refractivity contribution >= 4 is 38.8 Å². The predicted octanol–water partition coefficient (Wildman–Crippen LogP) is 3.41. The Morgan fingerprint density at radius 1 is 1.29 bits per heavy atom. The number of nitrogens with one attached hydrogen (secondary N) is 2. The Morgan fingerprint density at radius 2 is 2.04 bits per heavy atom. The molecule has 0 amide bonds. The Hall–Kier alpha value is -1.63. The van der Waals surface area contributed by atoms with Crippen molar-refractivity contribution in [3.63, 3.8) is 0 Å². The van der Waals surface area contributed by atoms with Gasteiger partial charge in [-0.2, -0.15) is 0 Å². The average Bonchev–Trinajstić information content (AvgIpc) is 2.97. The summed E-state index contributed by atoms with van der Waals surface area (Å²) in [5.74, 6) is 1.07. The van der Waals surface area contributed by atoms with Crippen molar-refractivity contribution in [3.05, 3.63) is 18.1 Å². The van der Waals surface area contributed by atoms with Crippen molar-refractivity contribution in [1.82, 2.24) is 15.0 Å². The van der Waals surface area contributed by atoms with Crippen molar-refractivity contribution in [2.45, 2.75) is 42.5 Å². The summed E-state index contributed by atoms with van der Waals surface area (Å²) >= 11 is 3.99. The Kier molecular flexibility index (Phi) is 3.02. The number of H-pyrrole nitrogens is 1. The van der Waals surface area contributed by atoms with Crippen LogP contribution >= 0.6 is 15.9 Å². The fraction of sp³-hybridized carbons (Fsp3) is 0.588. The first-order chi connectivity index (χ1) is 11.5. The highest BCUT2D eigenvalue weighted by molar-refractivity contribution is 9.10. The Morgan fingerprint density at radius 3 is 2.71 bits per heavy atom. The fourth-order valence-electron chi connectivity index (χ4n) is 5.53. The lowest BCUT2D eigenvalue weighted by molar-refractivity contribution is 0.0280. The van der Waals surface area contributed by atoms with E-state index in [1.165, 1.54) is 38.3 Å². The minimum absolute atomic E-state index is 0.217. The summed E-state index contributed by atoms with van der Waals surface area (Å²) in [6.07, 6.45) is 9.14. The van der Waals surface area contributed by atoms with Crippen molar-refractivity contribution in [3.8, 4) is 0 Å². The van der Waals surface area contributed by atoms with E-state index < -0.39 is 5.97 Å². The molecule has 4 aliphatic rings. The Bertz CT molecular complexity index is 819. The van der Waals surface area contributed by atoms with Gasteiger partial charge in [-0.15, -0.1) is 0 Å². The zero-order chi connectivity index (χ0) is 16.5. The molecule has 6 rings (SSSR count). The van der Waals surface area contributed by atoms with Gasteiger partial charge in [0.05, 0.1) is 12.0 Å². The van der Waals surface area contributed by atoms with E-state index in [2.05, 4.69) is 36.2 Å². The quantitative estimate of drug-likeness (QED) is 0.698. The van der Waals surface area contributed by atoms with Crippen molar-refractivity contribution in [1.29, 1.82) is 0 Å². The van der Waals surface area contributed by atoms with Gasteiger partial charge in [0.2, 0.25) is 0 Å². The number of carbonyl (C=O) groups is 1. The van der Waals surface area contributed by atoms with Crippen LogP contribution in [0.4, 0.5) is 5.69 Å². The molecule has 0 aromatic carbocycles. The maximum atomic E-state index is 11.7. The number of nitrogens with zero attached hydrogens (tertiary/aromatic N) is 2. The lowest BCUT2D eigenvalue weighted by Gasteiger charge is -2.58. The van der Waals surface area contributed by atoms with Crippen LogP contribution in [0.3, 0.4) is 0 Å². The number of pyridine rings is 1. The number of aromatic amines is 1. The highest BCUT2D eigenvalue weighted by Gasteiger charge is 2.54. The van der Waals surface area contributed by atoms with E-state index in [1.54, 1.807) is 6.33 Å². The highest BCUT2D eigenvalue weighted by Crippen LogP contribution is 2.59. The molecule has 24 heavy (non-hydrogen) atoms. The summed E-state index contributed by atoms with van der Waals surface area (Å²) in [5, 5.41) is 13.2. The van der Waals surface area contributed by atoms with E-state index >= 15 is 0 Å². The van der Waals surface area contributed by atoms with Gasteiger partial charge in [-0.1, -0.05) is 15.9 Å². The molecule has 4 aliphatic carbocycles. The van der Waals surface area contributed by atoms with Crippen molar-refractivity contribution < 1.29 is 9.90 Å². The molecule has 0 aliphatic heterocycles. The van der Waals surface area contributed by atoms with Crippen LogP contribution in [-0.4, -0.2) is 36.4 Å². The third-order valence-electron chi connectivity index (χ3n) is 6.19. The molecule has 2 heterocycles. The molecule has 7 heteroatoms. The van der Waals surface area contributed by atoms with Crippen LogP contribution in [0.25, 0.3) is 11.2 Å². The topological polar surface area (TPSA) is 90.9 Å². The van der Waals surface area contributed by atoms with Crippen LogP contribution in [0.15, 0.2) is 12.5 Å². The number of alkyl halides is 1. The van der Waals surface area contributed by atoms with E-state index in [9.17, 15) is 9.90 Å². The number of hydrogen-bond donors (Lipinski definition) is 3. The highest BCUT2D eigenvalue weighted by atomic mass is 79.9. The van der Waals surface area contributed by atoms with Crippen molar-refractivity contribution in [2.24, 2.45) is 17.8 Å². The molecule has 126 valence electrons. The van der Waals surface area contributed by atoms with Gasteiger partial charge in [-0.3, -0.25) is 0 Å². The van der Waals surface area contributed by atoms with Crippen LogP contribution in [0.1, 0.15) is 42.5 Å². The molecule has 2 atom stereocenters. The lowest BCUT2D eigenvalue weighted by atomic mass is 9.54. The maximum absolute atomic E-state index is 11.7. The number of carboxylic acids is 1. The second kappa shape index (κ2) is 4.94. The molecule has 4 saturated carbocycles.